The molecule has 2 rings (SSSR count). The number of amides is 1. The van der Waals surface area contributed by atoms with Crippen molar-refractivity contribution in [2.24, 2.45) is 0 Å². The highest BCUT2D eigenvalue weighted by molar-refractivity contribution is 5.68. The third kappa shape index (κ3) is 4.22. The van der Waals surface area contributed by atoms with Gasteiger partial charge in [0.25, 0.3) is 0 Å². The topological polar surface area (TPSA) is 53.3 Å². The molecule has 1 aliphatic rings. The number of carbonyl (C=O) groups is 1. The van der Waals surface area contributed by atoms with Gasteiger partial charge in [-0.15, -0.1) is 0 Å². The molecule has 1 amide bonds. The molecular formula is C17H22N2O2. The number of likely N-dealkylation sites (tertiary alicyclic amines) is 1. The van der Waals surface area contributed by atoms with Crippen LogP contribution in [0.15, 0.2) is 24.3 Å². The molecule has 1 heterocycles. The number of nitrogens with zero attached hydrogens (tertiary/aromatic N) is 2. The first-order chi connectivity index (χ1) is 9.89. The Bertz CT molecular complexity index is 537. The summed E-state index contributed by atoms with van der Waals surface area (Å²) in [5.74, 6) is 0.319. The Kier molecular flexibility index (Phi) is 4.52. The van der Waals surface area contributed by atoms with E-state index >= 15 is 0 Å². The fraction of sp³-hybridized carbons (Fsp3) is 0.529. The number of hydrogen-bond acceptors (Lipinski definition) is 3. The van der Waals surface area contributed by atoms with Crippen LogP contribution in [0, 0.1) is 11.3 Å². The van der Waals surface area contributed by atoms with Crippen LogP contribution < -0.4 is 0 Å². The molecule has 1 fully saturated rings. The predicted octanol–water partition coefficient (Wildman–Crippen LogP) is 3.67. The molecular weight excluding hydrogens is 264 g/mol. The second kappa shape index (κ2) is 6.17. The van der Waals surface area contributed by atoms with Crippen LogP contribution in [-0.4, -0.2) is 29.7 Å². The molecule has 4 heteroatoms. The highest BCUT2D eigenvalue weighted by Crippen LogP contribution is 2.28. The zero-order valence-electron chi connectivity index (χ0n) is 12.9. The molecule has 1 saturated heterocycles. The van der Waals surface area contributed by atoms with Crippen LogP contribution in [0.2, 0.25) is 0 Å². The van der Waals surface area contributed by atoms with Gasteiger partial charge in [0, 0.05) is 19.0 Å². The number of ether oxygens (including phenoxy) is 1. The molecule has 1 aliphatic heterocycles. The predicted molar refractivity (Wildman–Crippen MR) is 80.9 cm³/mol. The van der Waals surface area contributed by atoms with Crippen molar-refractivity contribution in [1.82, 2.24) is 4.90 Å². The number of carbonyl (C=O) groups excluding carboxylic acids is 1. The van der Waals surface area contributed by atoms with E-state index in [1.165, 1.54) is 5.56 Å². The van der Waals surface area contributed by atoms with Crippen molar-refractivity contribution in [2.45, 2.75) is 45.1 Å². The SMILES string of the molecule is CC(C)(C)OC(=O)N1CCCC(c2ccc(C#N)cc2)C1. The largest absolute Gasteiger partial charge is 0.444 e. The van der Waals surface area contributed by atoms with Gasteiger partial charge in [-0.25, -0.2) is 4.79 Å². The number of piperidine rings is 1. The smallest absolute Gasteiger partial charge is 0.410 e. The average Bonchev–Trinajstić information content (AvgIpc) is 2.46. The lowest BCUT2D eigenvalue weighted by Crippen LogP contribution is -2.42. The molecule has 1 unspecified atom stereocenters. The second-order valence-electron chi connectivity index (χ2n) is 6.50. The maximum absolute atomic E-state index is 12.2. The van der Waals surface area contributed by atoms with E-state index in [-0.39, 0.29) is 6.09 Å². The minimum Gasteiger partial charge on any atom is -0.444 e. The van der Waals surface area contributed by atoms with Crippen molar-refractivity contribution in [2.75, 3.05) is 13.1 Å². The monoisotopic (exact) mass is 286 g/mol. The van der Waals surface area contributed by atoms with E-state index in [1.807, 2.05) is 45.0 Å². The summed E-state index contributed by atoms with van der Waals surface area (Å²) in [7, 11) is 0. The number of nitriles is 1. The summed E-state index contributed by atoms with van der Waals surface area (Å²) in [6.07, 6.45) is 1.80. The van der Waals surface area contributed by atoms with Gasteiger partial charge in [0.15, 0.2) is 0 Å². The second-order valence-corrected chi connectivity index (χ2v) is 6.50. The third-order valence-electron chi connectivity index (χ3n) is 3.58. The third-order valence-corrected chi connectivity index (χ3v) is 3.58. The standard InChI is InChI=1S/C17H22N2O2/c1-17(2,3)21-16(20)19-10-4-5-15(12-19)14-8-6-13(11-18)7-9-14/h6-9,15H,4-5,10,12H2,1-3H3. The quantitative estimate of drug-likeness (QED) is 0.791. The fourth-order valence-corrected chi connectivity index (χ4v) is 2.57. The van der Waals surface area contributed by atoms with Gasteiger partial charge in [0.1, 0.15) is 5.60 Å². The molecule has 0 N–H and O–H groups in total. The molecule has 4 nitrogen and oxygen atoms in total. The Labute approximate surface area is 126 Å². The minimum absolute atomic E-state index is 0.235. The molecule has 1 atom stereocenters. The first kappa shape index (κ1) is 15.4. The summed E-state index contributed by atoms with van der Waals surface area (Å²) >= 11 is 0. The molecule has 0 aliphatic carbocycles. The lowest BCUT2D eigenvalue weighted by Gasteiger charge is -2.34. The summed E-state index contributed by atoms with van der Waals surface area (Å²) in [5.41, 5.74) is 1.39. The van der Waals surface area contributed by atoms with Gasteiger partial charge < -0.3 is 9.64 Å². The van der Waals surface area contributed by atoms with E-state index in [0.717, 1.165) is 19.4 Å². The maximum Gasteiger partial charge on any atom is 0.410 e. The Morgan fingerprint density at radius 2 is 2.00 bits per heavy atom. The lowest BCUT2D eigenvalue weighted by atomic mass is 9.90. The Hall–Kier alpha value is -2.02. The molecule has 1 aromatic carbocycles. The van der Waals surface area contributed by atoms with Gasteiger partial charge >= 0.3 is 6.09 Å². The molecule has 1 aromatic rings. The van der Waals surface area contributed by atoms with Crippen molar-refractivity contribution >= 4 is 6.09 Å². The van der Waals surface area contributed by atoms with Gasteiger partial charge in [-0.1, -0.05) is 12.1 Å². The van der Waals surface area contributed by atoms with Crippen molar-refractivity contribution < 1.29 is 9.53 Å². The first-order valence-corrected chi connectivity index (χ1v) is 7.37. The van der Waals surface area contributed by atoms with E-state index < -0.39 is 5.60 Å². The molecule has 112 valence electrons. The van der Waals surface area contributed by atoms with Gasteiger partial charge in [-0.2, -0.15) is 5.26 Å². The first-order valence-electron chi connectivity index (χ1n) is 7.37. The summed E-state index contributed by atoms with van der Waals surface area (Å²) < 4.78 is 5.44. The van der Waals surface area contributed by atoms with Crippen LogP contribution in [0.4, 0.5) is 4.79 Å². The highest BCUT2D eigenvalue weighted by Gasteiger charge is 2.28. The fourth-order valence-electron chi connectivity index (χ4n) is 2.57. The van der Waals surface area contributed by atoms with Crippen molar-refractivity contribution in [1.29, 1.82) is 5.26 Å². The van der Waals surface area contributed by atoms with Crippen molar-refractivity contribution in [3.8, 4) is 6.07 Å². The van der Waals surface area contributed by atoms with Crippen LogP contribution in [0.5, 0.6) is 0 Å². The molecule has 0 aromatic heterocycles. The Morgan fingerprint density at radius 3 is 2.57 bits per heavy atom. The summed E-state index contributed by atoms with van der Waals surface area (Å²) in [6, 6.07) is 9.77. The highest BCUT2D eigenvalue weighted by atomic mass is 16.6. The van der Waals surface area contributed by atoms with E-state index in [9.17, 15) is 4.79 Å². The van der Waals surface area contributed by atoms with Gasteiger partial charge in [0.05, 0.1) is 11.6 Å². The van der Waals surface area contributed by atoms with Gasteiger partial charge in [-0.3, -0.25) is 0 Å². The Morgan fingerprint density at radius 1 is 1.33 bits per heavy atom. The summed E-state index contributed by atoms with van der Waals surface area (Å²) in [5, 5.41) is 8.84. The summed E-state index contributed by atoms with van der Waals surface area (Å²) in [4.78, 5) is 13.9. The molecule has 0 spiro atoms. The average molecular weight is 286 g/mol. The summed E-state index contributed by atoms with van der Waals surface area (Å²) in [6.45, 7) is 7.08. The number of benzene rings is 1. The minimum atomic E-state index is -0.460. The Balaban J connectivity index is 2.03. The van der Waals surface area contributed by atoms with Crippen LogP contribution in [-0.2, 0) is 4.74 Å². The molecule has 21 heavy (non-hydrogen) atoms. The molecule has 0 radical (unpaired) electrons. The van der Waals surface area contributed by atoms with E-state index in [0.29, 0.717) is 18.0 Å². The zero-order chi connectivity index (χ0) is 15.5. The molecule has 0 bridgehead atoms. The maximum atomic E-state index is 12.2. The van der Waals surface area contributed by atoms with E-state index in [4.69, 9.17) is 10.00 Å². The normalized spacial score (nSPS) is 19.0. The van der Waals surface area contributed by atoms with Crippen molar-refractivity contribution in [3.05, 3.63) is 35.4 Å². The van der Waals surface area contributed by atoms with E-state index in [2.05, 4.69) is 6.07 Å². The molecule has 0 saturated carbocycles. The lowest BCUT2D eigenvalue weighted by molar-refractivity contribution is 0.0198. The number of hydrogen-bond donors (Lipinski definition) is 0. The van der Waals surface area contributed by atoms with Crippen LogP contribution in [0.3, 0.4) is 0 Å². The van der Waals surface area contributed by atoms with E-state index in [1.54, 1.807) is 4.90 Å². The van der Waals surface area contributed by atoms with Crippen LogP contribution in [0.1, 0.15) is 50.7 Å². The van der Waals surface area contributed by atoms with Crippen LogP contribution >= 0.6 is 0 Å². The van der Waals surface area contributed by atoms with Gasteiger partial charge in [-0.05, 0) is 51.3 Å². The number of rotatable bonds is 1. The van der Waals surface area contributed by atoms with Crippen molar-refractivity contribution in [3.63, 3.8) is 0 Å². The van der Waals surface area contributed by atoms with Gasteiger partial charge in [0.2, 0.25) is 0 Å². The van der Waals surface area contributed by atoms with Crippen LogP contribution in [0.25, 0.3) is 0 Å². The zero-order valence-corrected chi connectivity index (χ0v) is 12.9.